The minimum atomic E-state index is -0.0833. The summed E-state index contributed by atoms with van der Waals surface area (Å²) in [6, 6.07) is 15.7. The molecule has 0 saturated carbocycles. The van der Waals surface area contributed by atoms with Crippen LogP contribution in [-0.4, -0.2) is 23.8 Å². The molecule has 3 aromatic rings. The molecule has 1 aromatic heterocycles. The Kier molecular flexibility index (Phi) is 5.24. The first-order valence-electron chi connectivity index (χ1n) is 8.00. The van der Waals surface area contributed by atoms with E-state index in [-0.39, 0.29) is 5.91 Å². The van der Waals surface area contributed by atoms with E-state index in [1.807, 2.05) is 31.2 Å². The van der Waals surface area contributed by atoms with Crippen LogP contribution in [0, 0.1) is 13.8 Å². The number of methoxy groups -OCH3 is 1. The van der Waals surface area contributed by atoms with Crippen LogP contribution in [0.4, 0.5) is 5.69 Å². The number of hydrogen-bond acceptors (Lipinski definition) is 4. The van der Waals surface area contributed by atoms with E-state index in [0.29, 0.717) is 17.2 Å². The van der Waals surface area contributed by atoms with Gasteiger partial charge in [0.15, 0.2) is 0 Å². The zero-order valence-corrected chi connectivity index (χ0v) is 15.3. The van der Waals surface area contributed by atoms with E-state index in [1.165, 1.54) is 17.3 Å². The Bertz CT molecular complexity index is 925. The zero-order valence-electron chi connectivity index (χ0n) is 14.5. The lowest BCUT2D eigenvalue weighted by atomic mass is 10.1. The third-order valence-corrected chi connectivity index (χ3v) is 4.93. The van der Waals surface area contributed by atoms with Crippen molar-refractivity contribution >= 4 is 34.3 Å². The van der Waals surface area contributed by atoms with E-state index in [9.17, 15) is 4.79 Å². The molecule has 0 fully saturated rings. The summed E-state index contributed by atoms with van der Waals surface area (Å²) >= 11 is 1.44. The summed E-state index contributed by atoms with van der Waals surface area (Å²) in [5.41, 5.74) is 3.88. The van der Waals surface area contributed by atoms with Crippen molar-refractivity contribution in [3.8, 4) is 5.75 Å². The Morgan fingerprint density at radius 2 is 1.96 bits per heavy atom. The van der Waals surface area contributed by atoms with E-state index >= 15 is 0 Å². The van der Waals surface area contributed by atoms with E-state index in [4.69, 9.17) is 9.72 Å². The second kappa shape index (κ2) is 7.57. The van der Waals surface area contributed by atoms with E-state index < -0.39 is 0 Å². The molecule has 1 N–H and O–H groups in total. The molecule has 0 atom stereocenters. The van der Waals surface area contributed by atoms with Crippen LogP contribution in [0.25, 0.3) is 10.9 Å². The van der Waals surface area contributed by atoms with Crippen molar-refractivity contribution in [3.05, 3.63) is 59.7 Å². The average Bonchev–Trinajstić information content (AvgIpc) is 2.60. The Labute approximate surface area is 151 Å². The van der Waals surface area contributed by atoms with Crippen molar-refractivity contribution < 1.29 is 9.53 Å². The number of aromatic nitrogens is 1. The molecular formula is C20H20N2O2S. The molecule has 1 heterocycles. The molecule has 0 radical (unpaired) electrons. The summed E-state index contributed by atoms with van der Waals surface area (Å²) in [6.07, 6.45) is 0. The number of pyridine rings is 1. The Hall–Kier alpha value is -2.53. The number of hydrogen-bond donors (Lipinski definition) is 1. The van der Waals surface area contributed by atoms with Crippen LogP contribution in [0.1, 0.15) is 11.1 Å². The summed E-state index contributed by atoms with van der Waals surface area (Å²) in [5, 5.41) is 4.88. The van der Waals surface area contributed by atoms with Crippen molar-refractivity contribution in [2.45, 2.75) is 18.9 Å². The van der Waals surface area contributed by atoms with Gasteiger partial charge >= 0.3 is 0 Å². The van der Waals surface area contributed by atoms with Gasteiger partial charge in [0.05, 0.1) is 24.1 Å². The number of aryl methyl sites for hydroxylation is 2. The largest absolute Gasteiger partial charge is 0.495 e. The fourth-order valence-corrected chi connectivity index (χ4v) is 3.37. The molecule has 0 aliphatic rings. The van der Waals surface area contributed by atoms with Crippen LogP contribution in [-0.2, 0) is 4.79 Å². The second-order valence-corrected chi connectivity index (χ2v) is 6.81. The molecule has 0 saturated heterocycles. The molecule has 0 aliphatic carbocycles. The van der Waals surface area contributed by atoms with Crippen molar-refractivity contribution in [2.75, 3.05) is 18.2 Å². The number of nitrogens with one attached hydrogen (secondary N) is 1. The van der Waals surface area contributed by atoms with Crippen LogP contribution in [0.3, 0.4) is 0 Å². The number of para-hydroxylation sites is 2. The average molecular weight is 352 g/mol. The number of ether oxygens (including phenoxy) is 1. The number of nitrogens with zero attached hydrogens (tertiary/aromatic N) is 1. The van der Waals surface area contributed by atoms with Crippen LogP contribution >= 0.6 is 11.8 Å². The molecule has 128 valence electrons. The lowest BCUT2D eigenvalue weighted by Gasteiger charge is -2.10. The van der Waals surface area contributed by atoms with Crippen LogP contribution < -0.4 is 10.1 Å². The van der Waals surface area contributed by atoms with Gasteiger partial charge in [0.25, 0.3) is 0 Å². The van der Waals surface area contributed by atoms with Crippen molar-refractivity contribution in [1.29, 1.82) is 0 Å². The molecule has 0 bridgehead atoms. The number of benzene rings is 2. The SMILES string of the molecule is COc1ccccc1NC(=O)CSc1nc2cc(C)ccc2cc1C. The van der Waals surface area contributed by atoms with Crippen LogP contribution in [0.5, 0.6) is 5.75 Å². The highest BCUT2D eigenvalue weighted by Gasteiger charge is 2.10. The Morgan fingerprint density at radius 1 is 1.16 bits per heavy atom. The quantitative estimate of drug-likeness (QED) is 0.682. The van der Waals surface area contributed by atoms with Gasteiger partial charge < -0.3 is 10.1 Å². The summed E-state index contributed by atoms with van der Waals surface area (Å²) < 4.78 is 5.25. The topological polar surface area (TPSA) is 51.2 Å². The normalized spacial score (nSPS) is 10.7. The van der Waals surface area contributed by atoms with Crippen LogP contribution in [0.15, 0.2) is 53.6 Å². The first-order valence-corrected chi connectivity index (χ1v) is 8.99. The van der Waals surface area contributed by atoms with Gasteiger partial charge in [0, 0.05) is 5.39 Å². The van der Waals surface area contributed by atoms with Gasteiger partial charge in [-0.25, -0.2) is 4.98 Å². The monoisotopic (exact) mass is 352 g/mol. The molecular weight excluding hydrogens is 332 g/mol. The minimum absolute atomic E-state index is 0.0833. The van der Waals surface area contributed by atoms with Crippen LogP contribution in [0.2, 0.25) is 0 Å². The lowest BCUT2D eigenvalue weighted by Crippen LogP contribution is -2.14. The number of carbonyl (C=O) groups is 1. The molecule has 5 heteroatoms. The molecule has 3 rings (SSSR count). The van der Waals surface area contributed by atoms with Crippen molar-refractivity contribution in [3.63, 3.8) is 0 Å². The highest BCUT2D eigenvalue weighted by molar-refractivity contribution is 8.00. The summed E-state index contributed by atoms with van der Waals surface area (Å²) in [4.78, 5) is 17.0. The van der Waals surface area contributed by atoms with Crippen molar-refractivity contribution in [1.82, 2.24) is 4.98 Å². The van der Waals surface area contributed by atoms with Crippen molar-refractivity contribution in [2.24, 2.45) is 0 Å². The first-order chi connectivity index (χ1) is 12.1. The molecule has 4 nitrogen and oxygen atoms in total. The van der Waals surface area contributed by atoms with Gasteiger partial charge in [-0.3, -0.25) is 4.79 Å². The van der Waals surface area contributed by atoms with E-state index in [2.05, 4.69) is 36.5 Å². The predicted octanol–water partition coefficient (Wildman–Crippen LogP) is 4.59. The highest BCUT2D eigenvalue weighted by atomic mass is 32.2. The number of fused-ring (bicyclic) bond motifs is 1. The molecule has 0 aliphatic heterocycles. The summed E-state index contributed by atoms with van der Waals surface area (Å²) in [7, 11) is 1.59. The predicted molar refractivity (Wildman–Crippen MR) is 104 cm³/mol. The van der Waals surface area contributed by atoms with Gasteiger partial charge in [-0.1, -0.05) is 36.0 Å². The van der Waals surface area contributed by atoms with Gasteiger partial charge in [-0.2, -0.15) is 0 Å². The Balaban J connectivity index is 1.71. The van der Waals surface area contributed by atoms with Gasteiger partial charge in [-0.15, -0.1) is 0 Å². The fraction of sp³-hybridized carbons (Fsp3) is 0.200. The number of anilines is 1. The second-order valence-electron chi connectivity index (χ2n) is 5.84. The number of thioether (sulfide) groups is 1. The summed E-state index contributed by atoms with van der Waals surface area (Å²) in [5.74, 6) is 0.861. The van der Waals surface area contributed by atoms with Gasteiger partial charge in [0.1, 0.15) is 10.8 Å². The molecule has 25 heavy (non-hydrogen) atoms. The minimum Gasteiger partial charge on any atom is -0.495 e. The number of amides is 1. The van der Waals surface area contributed by atoms with E-state index in [0.717, 1.165) is 21.5 Å². The molecule has 0 spiro atoms. The summed E-state index contributed by atoms with van der Waals surface area (Å²) in [6.45, 7) is 4.07. The van der Waals surface area contributed by atoms with Gasteiger partial charge in [-0.05, 0) is 49.2 Å². The maximum Gasteiger partial charge on any atom is 0.234 e. The molecule has 2 aromatic carbocycles. The first kappa shape index (κ1) is 17.3. The Morgan fingerprint density at radius 3 is 2.76 bits per heavy atom. The number of rotatable bonds is 5. The molecule has 0 unspecified atom stereocenters. The maximum absolute atomic E-state index is 12.3. The number of carbonyl (C=O) groups excluding carboxylic acids is 1. The fourth-order valence-electron chi connectivity index (χ4n) is 2.58. The van der Waals surface area contributed by atoms with E-state index in [1.54, 1.807) is 7.11 Å². The molecule has 1 amide bonds. The standard InChI is InChI=1S/C20H20N2O2S/c1-13-8-9-15-11-14(2)20(22-17(15)10-13)25-12-19(23)21-16-6-4-5-7-18(16)24-3/h4-11H,12H2,1-3H3,(H,21,23). The smallest absolute Gasteiger partial charge is 0.234 e. The lowest BCUT2D eigenvalue weighted by molar-refractivity contribution is -0.113. The zero-order chi connectivity index (χ0) is 17.8. The van der Waals surface area contributed by atoms with Gasteiger partial charge in [0.2, 0.25) is 5.91 Å². The third kappa shape index (κ3) is 4.12. The third-order valence-electron chi connectivity index (χ3n) is 3.84. The maximum atomic E-state index is 12.3. The highest BCUT2D eigenvalue weighted by Crippen LogP contribution is 2.26.